The Bertz CT molecular complexity index is 552. The second-order valence-corrected chi connectivity index (χ2v) is 7.47. The predicted octanol–water partition coefficient (Wildman–Crippen LogP) is 4.84. The van der Waals surface area contributed by atoms with Gasteiger partial charge >= 0.3 is 0 Å². The molecule has 0 radical (unpaired) electrons. The van der Waals surface area contributed by atoms with Crippen molar-refractivity contribution in [2.24, 2.45) is 11.3 Å². The number of nitro benzene ring substituents is 1. The van der Waals surface area contributed by atoms with Gasteiger partial charge < -0.3 is 5.32 Å². The van der Waals surface area contributed by atoms with Crippen molar-refractivity contribution in [1.29, 1.82) is 0 Å². The van der Waals surface area contributed by atoms with Crippen LogP contribution in [-0.2, 0) is 0 Å². The van der Waals surface area contributed by atoms with Crippen LogP contribution in [0, 0.1) is 35.3 Å². The third kappa shape index (κ3) is 3.74. The van der Waals surface area contributed by atoms with Crippen LogP contribution in [0.5, 0.6) is 0 Å². The van der Waals surface area contributed by atoms with E-state index in [1.807, 2.05) is 13.0 Å². The number of anilines is 1. The van der Waals surface area contributed by atoms with Crippen LogP contribution < -0.4 is 5.32 Å². The molecule has 1 aliphatic rings. The quantitative estimate of drug-likeness (QED) is 0.640. The Morgan fingerprint density at radius 3 is 2.48 bits per heavy atom. The molecule has 2 atom stereocenters. The normalized spacial score (nSPS) is 24.6. The zero-order valence-electron chi connectivity index (χ0n) is 13.7. The standard InChI is InChI=1S/C17H26N2O2/c1-11-6-14(10-17(4,5)9-11)18-15-8-16(19(20)21)13(3)7-12(15)2/h7-8,11,14,18H,6,9-10H2,1-5H3. The minimum Gasteiger partial charge on any atom is -0.382 e. The molecule has 116 valence electrons. The van der Waals surface area contributed by atoms with Crippen LogP contribution >= 0.6 is 0 Å². The van der Waals surface area contributed by atoms with E-state index < -0.39 is 0 Å². The van der Waals surface area contributed by atoms with E-state index in [0.29, 0.717) is 17.4 Å². The maximum absolute atomic E-state index is 11.1. The van der Waals surface area contributed by atoms with Crippen LogP contribution in [0.25, 0.3) is 0 Å². The van der Waals surface area contributed by atoms with Gasteiger partial charge in [-0.15, -0.1) is 0 Å². The second-order valence-electron chi connectivity index (χ2n) is 7.47. The predicted molar refractivity (Wildman–Crippen MR) is 86.8 cm³/mol. The van der Waals surface area contributed by atoms with Gasteiger partial charge in [-0.1, -0.05) is 20.8 Å². The van der Waals surface area contributed by atoms with Gasteiger partial charge in [-0.2, -0.15) is 0 Å². The van der Waals surface area contributed by atoms with E-state index in [-0.39, 0.29) is 10.6 Å². The van der Waals surface area contributed by atoms with Gasteiger partial charge in [-0.25, -0.2) is 0 Å². The Balaban J connectivity index is 2.23. The molecule has 0 spiro atoms. The molecule has 0 amide bonds. The molecule has 1 N–H and O–H groups in total. The minimum absolute atomic E-state index is 0.200. The zero-order chi connectivity index (χ0) is 15.8. The van der Waals surface area contributed by atoms with Crippen LogP contribution in [0.2, 0.25) is 0 Å². The van der Waals surface area contributed by atoms with Gasteiger partial charge in [0.05, 0.1) is 4.92 Å². The van der Waals surface area contributed by atoms with E-state index in [1.165, 1.54) is 6.42 Å². The number of nitrogens with one attached hydrogen (secondary N) is 1. The molecule has 0 heterocycles. The van der Waals surface area contributed by atoms with E-state index in [9.17, 15) is 10.1 Å². The lowest BCUT2D eigenvalue weighted by Crippen LogP contribution is -2.35. The number of nitrogens with zero attached hydrogens (tertiary/aromatic N) is 1. The van der Waals surface area contributed by atoms with Crippen molar-refractivity contribution in [2.45, 2.75) is 59.9 Å². The van der Waals surface area contributed by atoms with Crippen LogP contribution in [-0.4, -0.2) is 11.0 Å². The van der Waals surface area contributed by atoms with Crippen LogP contribution in [0.3, 0.4) is 0 Å². The average Bonchev–Trinajstić information content (AvgIpc) is 2.29. The van der Waals surface area contributed by atoms with Gasteiger partial charge in [-0.3, -0.25) is 10.1 Å². The summed E-state index contributed by atoms with van der Waals surface area (Å²) in [6, 6.07) is 3.99. The summed E-state index contributed by atoms with van der Waals surface area (Å²) in [7, 11) is 0. The first-order chi connectivity index (χ1) is 9.68. The van der Waals surface area contributed by atoms with Crippen LogP contribution in [0.1, 0.15) is 51.2 Å². The smallest absolute Gasteiger partial charge is 0.274 e. The van der Waals surface area contributed by atoms with Crippen molar-refractivity contribution in [2.75, 3.05) is 5.32 Å². The fourth-order valence-corrected chi connectivity index (χ4v) is 3.87. The zero-order valence-corrected chi connectivity index (χ0v) is 13.7. The number of nitro groups is 1. The van der Waals surface area contributed by atoms with Crippen molar-refractivity contribution >= 4 is 11.4 Å². The lowest BCUT2D eigenvalue weighted by Gasteiger charge is -2.39. The van der Waals surface area contributed by atoms with Crippen LogP contribution in [0.15, 0.2) is 12.1 Å². The molecule has 0 aliphatic heterocycles. The highest BCUT2D eigenvalue weighted by Crippen LogP contribution is 2.40. The third-order valence-electron chi connectivity index (χ3n) is 4.49. The van der Waals surface area contributed by atoms with E-state index in [2.05, 4.69) is 26.1 Å². The summed E-state index contributed by atoms with van der Waals surface area (Å²) in [5.74, 6) is 0.687. The van der Waals surface area contributed by atoms with Crippen molar-refractivity contribution in [3.8, 4) is 0 Å². The van der Waals surface area contributed by atoms with Crippen molar-refractivity contribution < 1.29 is 4.92 Å². The molecular formula is C17H26N2O2. The summed E-state index contributed by atoms with van der Waals surface area (Å²) >= 11 is 0. The first-order valence-electron chi connectivity index (χ1n) is 7.70. The van der Waals surface area contributed by atoms with Crippen LogP contribution in [0.4, 0.5) is 11.4 Å². The van der Waals surface area contributed by atoms with Gasteiger partial charge in [0.25, 0.3) is 5.69 Å². The lowest BCUT2D eigenvalue weighted by molar-refractivity contribution is -0.385. The first kappa shape index (κ1) is 15.8. The topological polar surface area (TPSA) is 55.2 Å². The maximum atomic E-state index is 11.1. The van der Waals surface area contributed by atoms with E-state index in [0.717, 1.165) is 29.7 Å². The summed E-state index contributed by atoms with van der Waals surface area (Å²) in [5.41, 5.74) is 3.24. The second kappa shape index (κ2) is 5.66. The summed E-state index contributed by atoms with van der Waals surface area (Å²) in [6.07, 6.45) is 3.49. The Kier molecular flexibility index (Phi) is 4.26. The van der Waals surface area contributed by atoms with Gasteiger partial charge in [0, 0.05) is 23.4 Å². The molecule has 0 saturated heterocycles. The van der Waals surface area contributed by atoms with Crippen molar-refractivity contribution in [1.82, 2.24) is 0 Å². The first-order valence-corrected chi connectivity index (χ1v) is 7.70. The highest BCUT2D eigenvalue weighted by atomic mass is 16.6. The Labute approximate surface area is 127 Å². The van der Waals surface area contributed by atoms with Crippen molar-refractivity contribution in [3.63, 3.8) is 0 Å². The lowest BCUT2D eigenvalue weighted by atomic mass is 9.70. The van der Waals surface area contributed by atoms with Gasteiger partial charge in [0.15, 0.2) is 0 Å². The Morgan fingerprint density at radius 1 is 1.24 bits per heavy atom. The number of hydrogen-bond acceptors (Lipinski definition) is 3. The largest absolute Gasteiger partial charge is 0.382 e. The molecule has 1 aliphatic carbocycles. The SMILES string of the molecule is Cc1cc(C)c([N+](=O)[O-])cc1NC1CC(C)CC(C)(C)C1. The molecule has 0 bridgehead atoms. The summed E-state index contributed by atoms with van der Waals surface area (Å²) < 4.78 is 0. The summed E-state index contributed by atoms with van der Waals surface area (Å²) in [5, 5.41) is 14.7. The van der Waals surface area contributed by atoms with Gasteiger partial charge in [0.1, 0.15) is 0 Å². The van der Waals surface area contributed by atoms with Gasteiger partial charge in [-0.05, 0) is 56.1 Å². The van der Waals surface area contributed by atoms with Gasteiger partial charge in [0.2, 0.25) is 0 Å². The molecule has 1 saturated carbocycles. The molecule has 0 aromatic heterocycles. The molecule has 2 unspecified atom stereocenters. The Hall–Kier alpha value is -1.58. The number of aryl methyl sites for hydroxylation is 2. The molecule has 4 nitrogen and oxygen atoms in total. The average molecular weight is 290 g/mol. The molecule has 21 heavy (non-hydrogen) atoms. The van der Waals surface area contributed by atoms with Crippen molar-refractivity contribution in [3.05, 3.63) is 33.4 Å². The molecule has 4 heteroatoms. The fourth-order valence-electron chi connectivity index (χ4n) is 3.87. The number of rotatable bonds is 3. The third-order valence-corrected chi connectivity index (χ3v) is 4.49. The molecule has 2 rings (SSSR count). The van der Waals surface area contributed by atoms with E-state index in [4.69, 9.17) is 0 Å². The number of benzene rings is 1. The maximum Gasteiger partial charge on any atom is 0.274 e. The Morgan fingerprint density at radius 2 is 1.90 bits per heavy atom. The number of hydrogen-bond donors (Lipinski definition) is 1. The molecule has 1 fully saturated rings. The molecule has 1 aromatic rings. The van der Waals surface area contributed by atoms with E-state index >= 15 is 0 Å². The monoisotopic (exact) mass is 290 g/mol. The summed E-state index contributed by atoms with van der Waals surface area (Å²) in [4.78, 5) is 10.8. The molecular weight excluding hydrogens is 264 g/mol. The summed E-state index contributed by atoms with van der Waals surface area (Å²) in [6.45, 7) is 10.7. The fraction of sp³-hybridized carbons (Fsp3) is 0.647. The van der Waals surface area contributed by atoms with E-state index in [1.54, 1.807) is 13.0 Å². The molecule has 1 aromatic carbocycles. The minimum atomic E-state index is -0.298. The highest BCUT2D eigenvalue weighted by Gasteiger charge is 2.32. The highest BCUT2D eigenvalue weighted by molar-refractivity contribution is 5.60.